The van der Waals surface area contributed by atoms with Crippen LogP contribution in [0.1, 0.15) is 33.6 Å². The maximum absolute atomic E-state index is 12.8. The van der Waals surface area contributed by atoms with Gasteiger partial charge < -0.3 is 15.0 Å². The van der Waals surface area contributed by atoms with Gasteiger partial charge in [0, 0.05) is 32.6 Å². The van der Waals surface area contributed by atoms with Crippen LogP contribution >= 0.6 is 11.8 Å². The molecule has 2 N–H and O–H groups in total. The van der Waals surface area contributed by atoms with Crippen molar-refractivity contribution in [3.8, 4) is 0 Å². The minimum absolute atomic E-state index is 0.143. The number of thioether (sulfide) groups is 1. The van der Waals surface area contributed by atoms with E-state index in [9.17, 15) is 14.4 Å². The minimum Gasteiger partial charge on any atom is -0.381 e. The van der Waals surface area contributed by atoms with Gasteiger partial charge in [0.15, 0.2) is 5.17 Å². The van der Waals surface area contributed by atoms with Gasteiger partial charge in [-0.05, 0) is 30.3 Å². The molecule has 28 heavy (non-hydrogen) atoms. The Morgan fingerprint density at radius 3 is 2.54 bits per heavy atom. The third-order valence-corrected chi connectivity index (χ3v) is 5.56. The molecule has 0 saturated carbocycles. The molecule has 156 valence electrons. The second-order valence-corrected chi connectivity index (χ2v) is 9.17. The van der Waals surface area contributed by atoms with Gasteiger partial charge in [0.1, 0.15) is 6.04 Å². The van der Waals surface area contributed by atoms with E-state index in [2.05, 4.69) is 15.8 Å². The van der Waals surface area contributed by atoms with Crippen LogP contribution in [0, 0.1) is 11.3 Å². The van der Waals surface area contributed by atoms with E-state index in [4.69, 9.17) is 4.74 Å². The highest BCUT2D eigenvalue weighted by molar-refractivity contribution is 8.14. The number of nitrogens with one attached hydrogen (secondary N) is 2. The van der Waals surface area contributed by atoms with Crippen LogP contribution in [-0.4, -0.2) is 66.3 Å². The first-order chi connectivity index (χ1) is 13.2. The predicted molar refractivity (Wildman–Crippen MR) is 110 cm³/mol. The van der Waals surface area contributed by atoms with E-state index in [1.165, 1.54) is 17.8 Å². The molecule has 2 heterocycles. The number of hydrogen-bond donors (Lipinski definition) is 2. The molecule has 0 aromatic rings. The second kappa shape index (κ2) is 10.1. The van der Waals surface area contributed by atoms with Crippen LogP contribution in [0.5, 0.6) is 0 Å². The first kappa shape index (κ1) is 22.4. The molecule has 2 aliphatic heterocycles. The fourth-order valence-corrected chi connectivity index (χ4v) is 3.84. The molecule has 0 aromatic heterocycles. The van der Waals surface area contributed by atoms with Crippen molar-refractivity contribution in [3.05, 3.63) is 12.2 Å². The lowest BCUT2D eigenvalue weighted by atomic mass is 9.88. The molecule has 0 bridgehead atoms. The van der Waals surface area contributed by atoms with Crippen molar-refractivity contribution in [2.24, 2.45) is 16.4 Å². The van der Waals surface area contributed by atoms with Crippen LogP contribution in [0.3, 0.4) is 0 Å². The van der Waals surface area contributed by atoms with Crippen LogP contribution < -0.4 is 10.7 Å². The Morgan fingerprint density at radius 2 is 1.96 bits per heavy atom. The van der Waals surface area contributed by atoms with E-state index >= 15 is 0 Å². The van der Waals surface area contributed by atoms with Crippen LogP contribution in [-0.2, 0) is 19.1 Å². The molecule has 9 heteroatoms. The Bertz CT molecular complexity index is 651. The first-order valence-corrected chi connectivity index (χ1v) is 10.5. The maximum Gasteiger partial charge on any atom is 0.309 e. The number of hydrazone groups is 1. The van der Waals surface area contributed by atoms with Crippen LogP contribution in [0.15, 0.2) is 17.3 Å². The number of hydrogen-bond acceptors (Lipinski definition) is 6. The van der Waals surface area contributed by atoms with Crippen molar-refractivity contribution in [3.63, 3.8) is 0 Å². The highest BCUT2D eigenvalue weighted by Gasteiger charge is 2.34. The van der Waals surface area contributed by atoms with Crippen LogP contribution in [0.4, 0.5) is 0 Å². The summed E-state index contributed by atoms with van der Waals surface area (Å²) < 4.78 is 5.35. The summed E-state index contributed by atoms with van der Waals surface area (Å²) in [5.74, 6) is -1.13. The number of allylic oxidation sites excluding steroid dienone is 1. The molecule has 0 aromatic carbocycles. The summed E-state index contributed by atoms with van der Waals surface area (Å²) in [7, 11) is 1.87. The van der Waals surface area contributed by atoms with Crippen molar-refractivity contribution < 1.29 is 19.1 Å². The van der Waals surface area contributed by atoms with Gasteiger partial charge in [-0.1, -0.05) is 38.6 Å². The summed E-state index contributed by atoms with van der Waals surface area (Å²) in [5.41, 5.74) is 2.18. The van der Waals surface area contributed by atoms with E-state index in [0.717, 1.165) is 12.3 Å². The first-order valence-electron chi connectivity index (χ1n) is 9.50. The number of ether oxygens (including phenoxy) is 1. The number of carbonyl (C=O) groups excluding carboxylic acids is 3. The predicted octanol–water partition coefficient (Wildman–Crippen LogP) is 1.14. The number of amides is 2. The monoisotopic (exact) mass is 410 g/mol. The lowest BCUT2D eigenvalue weighted by Crippen LogP contribution is -2.51. The Balaban J connectivity index is 2.06. The van der Waals surface area contributed by atoms with Gasteiger partial charge in [0.25, 0.3) is 0 Å². The van der Waals surface area contributed by atoms with Crippen LogP contribution in [0.25, 0.3) is 0 Å². The van der Waals surface area contributed by atoms with Gasteiger partial charge in [-0.25, -0.2) is 5.43 Å². The molecule has 0 spiro atoms. The Kier molecular flexibility index (Phi) is 8.06. The Hall–Kier alpha value is -1.87. The van der Waals surface area contributed by atoms with Gasteiger partial charge in [0.05, 0.1) is 0 Å². The number of ketones is 1. The van der Waals surface area contributed by atoms with Gasteiger partial charge >= 0.3 is 5.91 Å². The molecule has 0 radical (unpaired) electrons. The lowest BCUT2D eigenvalue weighted by Gasteiger charge is -2.29. The zero-order valence-electron chi connectivity index (χ0n) is 17.0. The SMILES string of the molecule is CN1CCSC1=NNC(=O)C(=O)C(NC(=O)C=CC(C)(C)C)C1CCOCC1. The topological polar surface area (TPSA) is 100 Å². The summed E-state index contributed by atoms with van der Waals surface area (Å²) in [6.45, 7) is 7.78. The molecule has 2 fully saturated rings. The summed E-state index contributed by atoms with van der Waals surface area (Å²) in [6.07, 6.45) is 4.41. The van der Waals surface area contributed by atoms with E-state index in [1.807, 2.05) is 32.7 Å². The second-order valence-electron chi connectivity index (χ2n) is 8.10. The number of amidine groups is 1. The van der Waals surface area contributed by atoms with Crippen molar-refractivity contribution in [1.82, 2.24) is 15.6 Å². The zero-order chi connectivity index (χ0) is 20.7. The number of rotatable bonds is 6. The third-order valence-electron chi connectivity index (χ3n) is 4.51. The maximum atomic E-state index is 12.8. The molecule has 2 aliphatic rings. The Morgan fingerprint density at radius 1 is 1.29 bits per heavy atom. The van der Waals surface area contributed by atoms with Gasteiger partial charge in [-0.15, -0.1) is 5.10 Å². The van der Waals surface area contributed by atoms with Gasteiger partial charge in [-0.2, -0.15) is 0 Å². The smallest absolute Gasteiger partial charge is 0.309 e. The average molecular weight is 411 g/mol. The van der Waals surface area contributed by atoms with E-state index in [0.29, 0.717) is 31.2 Å². The lowest BCUT2D eigenvalue weighted by molar-refractivity contribution is -0.141. The summed E-state index contributed by atoms with van der Waals surface area (Å²) in [4.78, 5) is 39.4. The summed E-state index contributed by atoms with van der Waals surface area (Å²) in [5, 5.41) is 7.42. The molecule has 2 amide bonds. The molecule has 1 unspecified atom stereocenters. The van der Waals surface area contributed by atoms with Crippen molar-refractivity contribution in [2.45, 2.75) is 39.7 Å². The molecular formula is C19H30N4O4S. The molecule has 0 aliphatic carbocycles. The van der Waals surface area contributed by atoms with Gasteiger partial charge in [0.2, 0.25) is 11.7 Å². The van der Waals surface area contributed by atoms with Crippen molar-refractivity contribution in [1.29, 1.82) is 0 Å². The quantitative estimate of drug-likeness (QED) is 0.387. The van der Waals surface area contributed by atoms with E-state index in [1.54, 1.807) is 6.08 Å². The number of Topliss-reactive ketones (excluding diaryl/α,β-unsaturated/α-hetero) is 1. The van der Waals surface area contributed by atoms with Crippen molar-refractivity contribution in [2.75, 3.05) is 32.6 Å². The molecule has 2 saturated heterocycles. The summed E-state index contributed by atoms with van der Waals surface area (Å²) >= 11 is 1.51. The highest BCUT2D eigenvalue weighted by Crippen LogP contribution is 2.20. The van der Waals surface area contributed by atoms with Crippen molar-refractivity contribution >= 4 is 34.5 Å². The fraction of sp³-hybridized carbons (Fsp3) is 0.684. The fourth-order valence-electron chi connectivity index (χ4n) is 2.87. The van der Waals surface area contributed by atoms with Gasteiger partial charge in [-0.3, -0.25) is 14.4 Å². The number of carbonyl (C=O) groups is 3. The third kappa shape index (κ3) is 6.94. The minimum atomic E-state index is -0.893. The zero-order valence-corrected chi connectivity index (χ0v) is 17.8. The molecular weight excluding hydrogens is 380 g/mol. The van der Waals surface area contributed by atoms with Crippen LogP contribution in [0.2, 0.25) is 0 Å². The van der Waals surface area contributed by atoms with E-state index in [-0.39, 0.29) is 17.2 Å². The summed E-state index contributed by atoms with van der Waals surface area (Å²) in [6, 6.07) is -0.893. The van der Waals surface area contributed by atoms with E-state index < -0.39 is 17.7 Å². The molecule has 8 nitrogen and oxygen atoms in total. The largest absolute Gasteiger partial charge is 0.381 e. The normalized spacial score (nSPS) is 21.1. The number of nitrogens with zero attached hydrogens (tertiary/aromatic N) is 2. The Labute approximate surface area is 170 Å². The standard InChI is InChI=1S/C19H30N4O4S/c1-19(2,3)8-5-14(24)20-15(13-6-10-27-11-7-13)16(25)17(26)21-22-18-23(4)9-12-28-18/h5,8,13,15H,6-7,9-12H2,1-4H3,(H,20,24)(H,21,26). The molecule has 1 atom stereocenters. The average Bonchev–Trinajstić information content (AvgIpc) is 3.07. The highest BCUT2D eigenvalue weighted by atomic mass is 32.2. The molecule has 2 rings (SSSR count).